The van der Waals surface area contributed by atoms with Gasteiger partial charge < -0.3 is 9.84 Å². The highest BCUT2D eigenvalue weighted by Crippen LogP contribution is 2.05. The highest BCUT2D eigenvalue weighted by molar-refractivity contribution is 5.98. The topological polar surface area (TPSA) is 88.0 Å². The fourth-order valence-corrected chi connectivity index (χ4v) is 1.00. The molecule has 1 rings (SSSR count). The van der Waals surface area contributed by atoms with Crippen LogP contribution in [-0.2, 0) is 4.74 Å². The van der Waals surface area contributed by atoms with Crippen LogP contribution in [0, 0.1) is 0 Å². The number of aromatic carboxylic acids is 1. The number of carboxylic acid groups (broad SMARTS) is 1. The molecule has 0 atom stereocenters. The zero-order chi connectivity index (χ0) is 12.0. The Morgan fingerprint density at radius 1 is 1.44 bits per heavy atom. The van der Waals surface area contributed by atoms with E-state index in [1.807, 2.05) is 0 Å². The molecule has 2 N–H and O–H groups in total. The Morgan fingerprint density at radius 2 is 2.12 bits per heavy atom. The number of benzene rings is 1. The predicted molar refractivity (Wildman–Crippen MR) is 56.5 cm³/mol. The van der Waals surface area contributed by atoms with Crippen LogP contribution in [-0.4, -0.2) is 30.5 Å². The quantitative estimate of drug-likeness (QED) is 0.591. The van der Waals surface area contributed by atoms with E-state index in [1.165, 1.54) is 19.4 Å². The molecule has 0 saturated heterocycles. The second kappa shape index (κ2) is 5.50. The first-order valence-electron chi connectivity index (χ1n) is 4.34. The normalized spacial score (nSPS) is 10.1. The molecule has 0 spiro atoms. The van der Waals surface area contributed by atoms with Gasteiger partial charge in [0.2, 0.25) is 0 Å². The van der Waals surface area contributed by atoms with E-state index in [4.69, 9.17) is 5.11 Å². The minimum absolute atomic E-state index is 0.109. The number of hydrazone groups is 1. The number of ether oxygens (including phenoxy) is 1. The molecule has 0 bridgehead atoms. The van der Waals surface area contributed by atoms with Gasteiger partial charge in [-0.2, -0.15) is 5.10 Å². The number of carbonyl (C=O) groups is 2. The van der Waals surface area contributed by atoms with Gasteiger partial charge in [0.05, 0.1) is 18.9 Å². The summed E-state index contributed by atoms with van der Waals surface area (Å²) in [7, 11) is 1.20. The molecule has 0 unspecified atom stereocenters. The molecule has 0 aromatic heterocycles. The first-order chi connectivity index (χ1) is 7.65. The first-order valence-corrected chi connectivity index (χ1v) is 4.34. The van der Waals surface area contributed by atoms with Gasteiger partial charge in [-0.1, -0.05) is 18.2 Å². The molecular formula is C10H10N2O4. The number of amides is 1. The van der Waals surface area contributed by atoms with Gasteiger partial charge in [0, 0.05) is 5.56 Å². The standard InChI is InChI=1S/C10H10N2O4/c1-16-10(15)12-11-6-7-4-2-3-5-8(7)9(13)14/h2-6H,1H3,(H,12,15)(H,13,14)/b11-6-. The summed E-state index contributed by atoms with van der Waals surface area (Å²) in [5.74, 6) is -1.06. The Bertz CT molecular complexity index is 429. The predicted octanol–water partition coefficient (Wildman–Crippen LogP) is 1.07. The van der Waals surface area contributed by atoms with Crippen molar-refractivity contribution in [3.8, 4) is 0 Å². The summed E-state index contributed by atoms with van der Waals surface area (Å²) in [5, 5.41) is 12.4. The monoisotopic (exact) mass is 222 g/mol. The van der Waals surface area contributed by atoms with Crippen LogP contribution in [0.4, 0.5) is 4.79 Å². The molecule has 0 radical (unpaired) electrons. The van der Waals surface area contributed by atoms with Crippen LogP contribution in [0.25, 0.3) is 0 Å². The zero-order valence-corrected chi connectivity index (χ0v) is 8.51. The van der Waals surface area contributed by atoms with Crippen LogP contribution in [0.5, 0.6) is 0 Å². The molecule has 84 valence electrons. The number of carbonyl (C=O) groups excluding carboxylic acids is 1. The second-order valence-electron chi connectivity index (χ2n) is 2.75. The van der Waals surface area contributed by atoms with Gasteiger partial charge >= 0.3 is 12.1 Å². The molecule has 0 saturated carbocycles. The first kappa shape index (κ1) is 11.7. The van der Waals surface area contributed by atoms with Gasteiger partial charge in [-0.05, 0) is 6.07 Å². The van der Waals surface area contributed by atoms with Gasteiger partial charge in [-0.15, -0.1) is 0 Å². The Kier molecular flexibility index (Phi) is 4.02. The van der Waals surface area contributed by atoms with E-state index in [2.05, 4.69) is 15.3 Å². The van der Waals surface area contributed by atoms with Crippen molar-refractivity contribution in [1.29, 1.82) is 0 Å². The van der Waals surface area contributed by atoms with Gasteiger partial charge in [0.1, 0.15) is 0 Å². The summed E-state index contributed by atoms with van der Waals surface area (Å²) in [5.41, 5.74) is 2.57. The van der Waals surface area contributed by atoms with Crippen molar-refractivity contribution in [2.24, 2.45) is 5.10 Å². The minimum Gasteiger partial charge on any atom is -0.478 e. The van der Waals surface area contributed by atoms with E-state index < -0.39 is 12.1 Å². The largest absolute Gasteiger partial charge is 0.478 e. The third-order valence-corrected chi connectivity index (χ3v) is 1.74. The van der Waals surface area contributed by atoms with Gasteiger partial charge in [-0.3, -0.25) is 0 Å². The van der Waals surface area contributed by atoms with E-state index in [0.29, 0.717) is 5.56 Å². The van der Waals surface area contributed by atoms with Gasteiger partial charge in [-0.25, -0.2) is 15.0 Å². The maximum absolute atomic E-state index is 10.8. The van der Waals surface area contributed by atoms with Gasteiger partial charge in [0.15, 0.2) is 0 Å². The number of hydrogen-bond acceptors (Lipinski definition) is 4. The van der Waals surface area contributed by atoms with Crippen molar-refractivity contribution < 1.29 is 19.4 Å². The summed E-state index contributed by atoms with van der Waals surface area (Å²) >= 11 is 0. The number of nitrogens with zero attached hydrogens (tertiary/aromatic N) is 1. The third kappa shape index (κ3) is 3.09. The number of hydrogen-bond donors (Lipinski definition) is 2. The van der Waals surface area contributed by atoms with E-state index in [9.17, 15) is 9.59 Å². The molecule has 0 aliphatic heterocycles. The van der Waals surface area contributed by atoms with Crippen molar-refractivity contribution >= 4 is 18.3 Å². The van der Waals surface area contributed by atoms with Crippen molar-refractivity contribution in [1.82, 2.24) is 5.43 Å². The van der Waals surface area contributed by atoms with Crippen molar-refractivity contribution in [2.75, 3.05) is 7.11 Å². The molecule has 0 aliphatic rings. The fourth-order valence-electron chi connectivity index (χ4n) is 1.00. The Hall–Kier alpha value is -2.37. The molecule has 1 aromatic carbocycles. The minimum atomic E-state index is -1.06. The number of carboxylic acids is 1. The Balaban J connectivity index is 2.80. The average Bonchev–Trinajstić information content (AvgIpc) is 2.29. The molecule has 1 aromatic rings. The molecule has 0 fully saturated rings. The van der Waals surface area contributed by atoms with E-state index in [1.54, 1.807) is 18.2 Å². The van der Waals surface area contributed by atoms with Crippen LogP contribution in [0.15, 0.2) is 29.4 Å². The smallest absolute Gasteiger partial charge is 0.427 e. The number of rotatable bonds is 3. The maximum Gasteiger partial charge on any atom is 0.427 e. The number of nitrogens with one attached hydrogen (secondary N) is 1. The summed E-state index contributed by atoms with van der Waals surface area (Å²) in [4.78, 5) is 21.5. The van der Waals surface area contributed by atoms with Crippen molar-refractivity contribution in [2.45, 2.75) is 0 Å². The Labute approximate surface area is 91.5 Å². The average molecular weight is 222 g/mol. The Morgan fingerprint density at radius 3 is 2.75 bits per heavy atom. The lowest BCUT2D eigenvalue weighted by Crippen LogP contribution is -2.17. The highest BCUT2D eigenvalue weighted by Gasteiger charge is 2.06. The zero-order valence-electron chi connectivity index (χ0n) is 8.51. The molecule has 1 amide bonds. The lowest BCUT2D eigenvalue weighted by molar-refractivity contribution is 0.0696. The second-order valence-corrected chi connectivity index (χ2v) is 2.75. The fraction of sp³-hybridized carbons (Fsp3) is 0.100. The van der Waals surface area contributed by atoms with Crippen molar-refractivity contribution in [3.63, 3.8) is 0 Å². The number of methoxy groups -OCH3 is 1. The molecule has 0 aliphatic carbocycles. The van der Waals surface area contributed by atoms with E-state index in [0.717, 1.165) is 0 Å². The summed E-state index contributed by atoms with van der Waals surface area (Å²) in [6.07, 6.45) is 0.518. The van der Waals surface area contributed by atoms with E-state index in [-0.39, 0.29) is 5.56 Å². The highest BCUT2D eigenvalue weighted by atomic mass is 16.5. The van der Waals surface area contributed by atoms with E-state index >= 15 is 0 Å². The summed E-state index contributed by atoms with van der Waals surface area (Å²) in [6, 6.07) is 6.30. The maximum atomic E-state index is 10.8. The molecule has 6 nitrogen and oxygen atoms in total. The SMILES string of the molecule is COC(=O)N/N=C\c1ccccc1C(=O)O. The van der Waals surface area contributed by atoms with Crippen LogP contribution >= 0.6 is 0 Å². The third-order valence-electron chi connectivity index (χ3n) is 1.74. The summed E-state index contributed by atoms with van der Waals surface area (Å²) < 4.78 is 4.29. The molecule has 6 heteroatoms. The van der Waals surface area contributed by atoms with Crippen LogP contribution in [0.3, 0.4) is 0 Å². The lowest BCUT2D eigenvalue weighted by Gasteiger charge is -1.99. The molecule has 16 heavy (non-hydrogen) atoms. The van der Waals surface area contributed by atoms with Crippen LogP contribution in [0.1, 0.15) is 15.9 Å². The summed E-state index contributed by atoms with van der Waals surface area (Å²) in [6.45, 7) is 0. The van der Waals surface area contributed by atoms with Crippen molar-refractivity contribution in [3.05, 3.63) is 35.4 Å². The lowest BCUT2D eigenvalue weighted by atomic mass is 10.1. The molecule has 0 heterocycles. The van der Waals surface area contributed by atoms with Crippen LogP contribution in [0.2, 0.25) is 0 Å². The van der Waals surface area contributed by atoms with Crippen LogP contribution < -0.4 is 5.43 Å². The molecular weight excluding hydrogens is 212 g/mol. The van der Waals surface area contributed by atoms with Gasteiger partial charge in [0.25, 0.3) is 0 Å².